The summed E-state index contributed by atoms with van der Waals surface area (Å²) in [5, 5.41) is 19.2. The minimum Gasteiger partial charge on any atom is -0.507 e. The molecular weight excluding hydrogens is 948 g/mol. The average molecular weight is 1000 g/mol. The number of aromatic nitrogens is 3. The highest BCUT2D eigenvalue weighted by atomic mass is 19.1. The fraction of sp³-hybridized carbons (Fsp3) is 0.377. The molecule has 3 aromatic carbocycles. The zero-order chi connectivity index (χ0) is 52.2. The Kier molecular flexibility index (Phi) is 13.7. The number of carbonyl (C=O) groups is 6. The molecule has 2 aromatic heterocycles. The van der Waals surface area contributed by atoms with E-state index in [2.05, 4.69) is 32.5 Å². The van der Waals surface area contributed by atoms with E-state index in [0.717, 1.165) is 28.7 Å². The molecule has 5 heterocycles. The van der Waals surface area contributed by atoms with Crippen molar-refractivity contribution in [2.45, 2.75) is 90.8 Å². The Morgan fingerprint density at radius 2 is 1.64 bits per heavy atom. The quantitative estimate of drug-likeness (QED) is 0.0817. The second kappa shape index (κ2) is 20.0. The van der Waals surface area contributed by atoms with E-state index >= 15 is 13.2 Å². The number of aryl methyl sites for hydroxylation is 1. The number of fused-ring (bicyclic) bond motifs is 2. The molecule has 4 N–H and O–H groups in total. The molecule has 6 amide bonds. The molecule has 17 nitrogen and oxygen atoms in total. The van der Waals surface area contributed by atoms with Crippen molar-refractivity contribution < 1.29 is 47.0 Å². The SMILES string of the molecule is C=CC(=O)N1CCN(c2nc(=O)n(-c3c(C)cc(CNC(=O)C4CCC(CNc5cc6c(cc5F)C(=O)N(C5CCC(=O)NC5=O)C6=O)CC4)cc3C(C)C)c3nc(-c4c(O)cccc4F)c(F)cc23)C(C)C1. The lowest BCUT2D eigenvalue weighted by Crippen LogP contribution is -2.54. The van der Waals surface area contributed by atoms with Crippen LogP contribution in [0.15, 0.2) is 66.0 Å². The minimum atomic E-state index is -1.17. The summed E-state index contributed by atoms with van der Waals surface area (Å²) >= 11 is 0. The van der Waals surface area contributed by atoms with Crippen molar-refractivity contribution in [3.8, 4) is 22.7 Å². The van der Waals surface area contributed by atoms with E-state index in [1.165, 1.54) is 28.8 Å². The van der Waals surface area contributed by atoms with Gasteiger partial charge in [-0.3, -0.25) is 39.0 Å². The van der Waals surface area contributed by atoms with Crippen molar-refractivity contribution in [1.82, 2.24) is 35.0 Å². The number of carbonyl (C=O) groups excluding carboxylic acids is 6. The first kappa shape index (κ1) is 50.1. The summed E-state index contributed by atoms with van der Waals surface area (Å²) in [6.07, 6.45) is 3.60. The number of piperidine rings is 1. The van der Waals surface area contributed by atoms with Crippen LogP contribution in [0, 0.1) is 36.2 Å². The number of phenolic OH excluding ortho intramolecular Hbond substituents is 1. The summed E-state index contributed by atoms with van der Waals surface area (Å²) in [4.78, 5) is 105. The number of nitrogens with one attached hydrogen (secondary N) is 3. The number of hydrogen-bond acceptors (Lipinski definition) is 12. The van der Waals surface area contributed by atoms with Crippen LogP contribution >= 0.6 is 0 Å². The maximum Gasteiger partial charge on any atom is 0.355 e. The number of phenols is 1. The van der Waals surface area contributed by atoms with E-state index in [1.54, 1.807) is 16.7 Å². The summed E-state index contributed by atoms with van der Waals surface area (Å²) in [5.41, 5.74) is 0.505. The van der Waals surface area contributed by atoms with E-state index in [4.69, 9.17) is 0 Å². The Morgan fingerprint density at radius 1 is 0.918 bits per heavy atom. The summed E-state index contributed by atoms with van der Waals surface area (Å²) in [5.74, 6) is -6.66. The van der Waals surface area contributed by atoms with Gasteiger partial charge in [0, 0.05) is 51.1 Å². The van der Waals surface area contributed by atoms with E-state index in [0.29, 0.717) is 49.0 Å². The third-order valence-electron chi connectivity index (χ3n) is 14.4. The predicted molar refractivity (Wildman–Crippen MR) is 263 cm³/mol. The van der Waals surface area contributed by atoms with Gasteiger partial charge < -0.3 is 25.5 Å². The van der Waals surface area contributed by atoms with Crippen LogP contribution in [0.2, 0.25) is 0 Å². The molecule has 1 saturated carbocycles. The second-order valence-corrected chi connectivity index (χ2v) is 19.6. The van der Waals surface area contributed by atoms with Crippen LogP contribution in [0.5, 0.6) is 5.75 Å². The summed E-state index contributed by atoms with van der Waals surface area (Å²) in [6.45, 7) is 12.4. The number of hydrogen-bond donors (Lipinski definition) is 4. The fourth-order valence-electron chi connectivity index (χ4n) is 10.6. The number of amides is 6. The van der Waals surface area contributed by atoms with Crippen molar-refractivity contribution in [2.24, 2.45) is 11.8 Å². The van der Waals surface area contributed by atoms with Crippen LogP contribution in [0.25, 0.3) is 28.0 Å². The molecule has 9 rings (SSSR count). The highest BCUT2D eigenvalue weighted by Gasteiger charge is 2.45. The van der Waals surface area contributed by atoms with Crippen LogP contribution in [0.4, 0.5) is 24.7 Å². The van der Waals surface area contributed by atoms with Crippen molar-refractivity contribution in [2.75, 3.05) is 36.4 Å². The topological polar surface area (TPSA) is 216 Å². The minimum absolute atomic E-state index is 0.0197. The number of anilines is 2. The standard InChI is InChI=1S/C53H54F3N9O8/c1-6-43(68)62-16-17-63(28(5)25-62)47-35-21-38(56)45(44-36(54)8-7-9-41(44)66)60-48(35)65(53(73)61-47)46-27(4)18-30(19-32(46)26(2)3)24-58-49(69)31-12-10-29(11-13-31)23-57-39-22-34-33(20-37(39)55)51(71)64(52(34)72)40-14-15-42(67)59-50(40)70/h6-9,18-22,26,28-29,31,40,57,66H,1,10-17,23-25H2,2-5H3,(H,58,69)(H,59,67,70). The zero-order valence-corrected chi connectivity index (χ0v) is 40.7. The third-order valence-corrected chi connectivity index (χ3v) is 14.4. The Labute approximate surface area is 417 Å². The lowest BCUT2D eigenvalue weighted by atomic mass is 9.81. The van der Waals surface area contributed by atoms with Gasteiger partial charge >= 0.3 is 5.69 Å². The Bertz CT molecular complexity index is 3200. The van der Waals surface area contributed by atoms with Gasteiger partial charge in [-0.2, -0.15) is 4.98 Å². The molecule has 2 unspecified atom stereocenters. The Hall–Kier alpha value is -7.90. The molecule has 3 fully saturated rings. The smallest absolute Gasteiger partial charge is 0.355 e. The van der Waals surface area contributed by atoms with Crippen LogP contribution in [0.3, 0.4) is 0 Å². The molecule has 0 radical (unpaired) electrons. The van der Waals surface area contributed by atoms with Crippen LogP contribution in [-0.2, 0) is 25.7 Å². The third kappa shape index (κ3) is 9.41. The zero-order valence-electron chi connectivity index (χ0n) is 40.7. The van der Waals surface area contributed by atoms with Crippen LogP contribution < -0.4 is 26.5 Å². The molecule has 2 saturated heterocycles. The molecule has 3 aliphatic heterocycles. The van der Waals surface area contributed by atoms with Gasteiger partial charge in [0.1, 0.15) is 34.9 Å². The average Bonchev–Trinajstić information content (AvgIpc) is 3.59. The molecule has 0 spiro atoms. The normalized spacial score (nSPS) is 20.1. The number of imide groups is 2. The molecule has 20 heteroatoms. The number of nitrogens with zero attached hydrogens (tertiary/aromatic N) is 6. The van der Waals surface area contributed by atoms with Gasteiger partial charge in [0.05, 0.1) is 33.5 Å². The Morgan fingerprint density at radius 3 is 2.32 bits per heavy atom. The number of benzene rings is 3. The monoisotopic (exact) mass is 1000 g/mol. The molecule has 380 valence electrons. The molecule has 0 bridgehead atoms. The van der Waals surface area contributed by atoms with Crippen molar-refractivity contribution >= 4 is 58.0 Å². The van der Waals surface area contributed by atoms with Gasteiger partial charge in [-0.05, 0) is 111 Å². The van der Waals surface area contributed by atoms with Crippen LogP contribution in [0.1, 0.15) is 103 Å². The van der Waals surface area contributed by atoms with Crippen LogP contribution in [-0.4, -0.2) is 103 Å². The highest BCUT2D eigenvalue weighted by Crippen LogP contribution is 2.38. The van der Waals surface area contributed by atoms with Gasteiger partial charge in [0.25, 0.3) is 11.8 Å². The van der Waals surface area contributed by atoms with Gasteiger partial charge in [0.2, 0.25) is 23.6 Å². The van der Waals surface area contributed by atoms with Crippen molar-refractivity contribution in [3.63, 3.8) is 0 Å². The fourth-order valence-corrected chi connectivity index (χ4v) is 10.6. The lowest BCUT2D eigenvalue weighted by molar-refractivity contribution is -0.136. The molecule has 73 heavy (non-hydrogen) atoms. The van der Waals surface area contributed by atoms with Crippen molar-refractivity contribution in [1.29, 1.82) is 0 Å². The van der Waals surface area contributed by atoms with Crippen molar-refractivity contribution in [3.05, 3.63) is 117 Å². The molecule has 1 aliphatic carbocycles. The first-order valence-electron chi connectivity index (χ1n) is 24.3. The first-order chi connectivity index (χ1) is 34.8. The maximum atomic E-state index is 16.3. The largest absolute Gasteiger partial charge is 0.507 e. The summed E-state index contributed by atoms with van der Waals surface area (Å²) in [6, 6.07) is 9.12. The number of pyridine rings is 1. The number of rotatable bonds is 12. The summed E-state index contributed by atoms with van der Waals surface area (Å²) < 4.78 is 48.3. The maximum absolute atomic E-state index is 16.3. The predicted octanol–water partition coefficient (Wildman–Crippen LogP) is 6.16. The lowest BCUT2D eigenvalue weighted by Gasteiger charge is -2.40. The van der Waals surface area contributed by atoms with Gasteiger partial charge in [-0.25, -0.2) is 27.5 Å². The highest BCUT2D eigenvalue weighted by molar-refractivity contribution is 6.23. The number of aromatic hydroxyl groups is 1. The van der Waals surface area contributed by atoms with Gasteiger partial charge in [-0.1, -0.05) is 38.6 Å². The van der Waals surface area contributed by atoms with Gasteiger partial charge in [0.15, 0.2) is 11.5 Å². The number of halogens is 3. The molecule has 5 aromatic rings. The number of piperazine rings is 1. The second-order valence-electron chi connectivity index (χ2n) is 19.6. The Balaban J connectivity index is 0.912. The summed E-state index contributed by atoms with van der Waals surface area (Å²) in [7, 11) is 0. The van der Waals surface area contributed by atoms with E-state index < -0.39 is 69.8 Å². The molecular formula is C53H54F3N9O8. The van der Waals surface area contributed by atoms with E-state index in [1.807, 2.05) is 32.9 Å². The van der Waals surface area contributed by atoms with E-state index in [-0.39, 0.29) is 108 Å². The van der Waals surface area contributed by atoms with E-state index in [9.17, 15) is 38.7 Å². The molecule has 2 atom stereocenters. The van der Waals surface area contributed by atoms with Gasteiger partial charge in [-0.15, -0.1) is 0 Å². The first-order valence-corrected chi connectivity index (χ1v) is 24.3. The molecule has 4 aliphatic rings.